The first-order valence-corrected chi connectivity index (χ1v) is 4.81. The summed E-state index contributed by atoms with van der Waals surface area (Å²) in [5.41, 5.74) is 1.56. The second kappa shape index (κ2) is 3.69. The predicted molar refractivity (Wildman–Crippen MR) is 61.3 cm³/mol. The van der Waals surface area contributed by atoms with Crippen LogP contribution in [-0.2, 0) is 0 Å². The zero-order valence-corrected chi connectivity index (χ0v) is 8.74. The first-order chi connectivity index (χ1) is 7.22. The summed E-state index contributed by atoms with van der Waals surface area (Å²) in [4.78, 5) is 15.8. The Morgan fingerprint density at radius 3 is 2.73 bits per heavy atom. The van der Waals surface area contributed by atoms with Gasteiger partial charge in [-0.25, -0.2) is 4.98 Å². The van der Waals surface area contributed by atoms with Crippen molar-refractivity contribution in [1.82, 2.24) is 4.98 Å². The van der Waals surface area contributed by atoms with Crippen LogP contribution in [0.4, 0.5) is 5.82 Å². The average Bonchev–Trinajstić information content (AvgIpc) is 2.27. The molecule has 0 amide bonds. The van der Waals surface area contributed by atoms with E-state index < -0.39 is 0 Å². The van der Waals surface area contributed by atoms with Gasteiger partial charge in [-0.3, -0.25) is 4.79 Å². The van der Waals surface area contributed by atoms with E-state index in [-0.39, 0.29) is 5.78 Å². The number of ketones is 1. The van der Waals surface area contributed by atoms with Crippen LogP contribution in [0.1, 0.15) is 17.3 Å². The number of rotatable bonds is 2. The van der Waals surface area contributed by atoms with Crippen molar-refractivity contribution in [2.75, 3.05) is 12.4 Å². The predicted octanol–water partition coefficient (Wildman–Crippen LogP) is 2.48. The van der Waals surface area contributed by atoms with Crippen molar-refractivity contribution in [2.24, 2.45) is 0 Å². The highest BCUT2D eigenvalue weighted by Gasteiger charge is 2.07. The summed E-state index contributed by atoms with van der Waals surface area (Å²) in [6.07, 6.45) is 0. The Balaban J connectivity index is 2.80. The fourth-order valence-electron chi connectivity index (χ4n) is 1.59. The Hall–Kier alpha value is -1.90. The van der Waals surface area contributed by atoms with Crippen molar-refractivity contribution in [3.8, 4) is 0 Å². The first kappa shape index (κ1) is 9.65. The molecule has 0 fully saturated rings. The van der Waals surface area contributed by atoms with Gasteiger partial charge in [-0.2, -0.15) is 0 Å². The maximum Gasteiger partial charge on any atom is 0.160 e. The highest BCUT2D eigenvalue weighted by molar-refractivity contribution is 6.06. The standard InChI is InChI=1S/C12H12N2O/c1-8(15)10-7-12(13-2)14-11-6-4-3-5-9(10)11/h3-7H,1-2H3,(H,13,14). The van der Waals surface area contributed by atoms with Gasteiger partial charge in [0.15, 0.2) is 5.78 Å². The maximum atomic E-state index is 11.5. The third-order valence-corrected chi connectivity index (χ3v) is 2.35. The quantitative estimate of drug-likeness (QED) is 0.757. The minimum Gasteiger partial charge on any atom is -0.373 e. The molecule has 3 heteroatoms. The van der Waals surface area contributed by atoms with Crippen LogP contribution in [0.25, 0.3) is 10.9 Å². The van der Waals surface area contributed by atoms with Crippen molar-refractivity contribution in [3.05, 3.63) is 35.9 Å². The zero-order chi connectivity index (χ0) is 10.8. The highest BCUT2D eigenvalue weighted by Crippen LogP contribution is 2.20. The van der Waals surface area contributed by atoms with Crippen LogP contribution in [0.15, 0.2) is 30.3 Å². The Kier molecular flexibility index (Phi) is 2.37. The first-order valence-electron chi connectivity index (χ1n) is 4.81. The van der Waals surface area contributed by atoms with Crippen molar-refractivity contribution < 1.29 is 4.79 Å². The number of pyridine rings is 1. The summed E-state index contributed by atoms with van der Waals surface area (Å²) < 4.78 is 0. The summed E-state index contributed by atoms with van der Waals surface area (Å²) in [6.45, 7) is 1.57. The van der Waals surface area contributed by atoms with E-state index in [1.165, 1.54) is 0 Å². The third-order valence-electron chi connectivity index (χ3n) is 2.35. The van der Waals surface area contributed by atoms with Crippen LogP contribution in [0.3, 0.4) is 0 Å². The van der Waals surface area contributed by atoms with Crippen LogP contribution in [0.2, 0.25) is 0 Å². The Bertz CT molecular complexity index is 520. The van der Waals surface area contributed by atoms with Gasteiger partial charge in [-0.15, -0.1) is 0 Å². The van der Waals surface area contributed by atoms with E-state index in [0.29, 0.717) is 5.56 Å². The van der Waals surface area contributed by atoms with E-state index in [1.807, 2.05) is 24.3 Å². The molecule has 0 aliphatic carbocycles. The Labute approximate surface area is 88.1 Å². The molecule has 0 saturated carbocycles. The van der Waals surface area contributed by atoms with Gasteiger partial charge in [0, 0.05) is 18.0 Å². The van der Waals surface area contributed by atoms with Gasteiger partial charge >= 0.3 is 0 Å². The molecular formula is C12H12N2O. The molecule has 0 radical (unpaired) electrons. The minimum absolute atomic E-state index is 0.0603. The zero-order valence-electron chi connectivity index (χ0n) is 8.74. The third kappa shape index (κ3) is 1.68. The van der Waals surface area contributed by atoms with Gasteiger partial charge in [-0.1, -0.05) is 18.2 Å². The van der Waals surface area contributed by atoms with Crippen molar-refractivity contribution in [3.63, 3.8) is 0 Å². The van der Waals surface area contributed by atoms with E-state index in [2.05, 4.69) is 10.3 Å². The summed E-state index contributed by atoms with van der Waals surface area (Å²) in [6, 6.07) is 9.43. The number of carbonyl (C=O) groups excluding carboxylic acids is 1. The van der Waals surface area contributed by atoms with Crippen LogP contribution in [-0.4, -0.2) is 17.8 Å². The number of hydrogen-bond donors (Lipinski definition) is 1. The molecule has 0 atom stereocenters. The molecule has 1 aromatic heterocycles. The van der Waals surface area contributed by atoms with E-state index in [9.17, 15) is 4.79 Å². The second-order valence-corrected chi connectivity index (χ2v) is 3.38. The monoisotopic (exact) mass is 200 g/mol. The lowest BCUT2D eigenvalue weighted by atomic mass is 10.1. The number of para-hydroxylation sites is 1. The molecule has 2 aromatic rings. The molecule has 0 aliphatic heterocycles. The molecule has 0 unspecified atom stereocenters. The normalized spacial score (nSPS) is 10.3. The van der Waals surface area contributed by atoms with Gasteiger partial charge < -0.3 is 5.32 Å². The molecule has 2 rings (SSSR count). The van der Waals surface area contributed by atoms with Crippen LogP contribution >= 0.6 is 0 Å². The number of benzene rings is 1. The minimum atomic E-state index is 0.0603. The molecule has 0 bridgehead atoms. The molecule has 1 heterocycles. The summed E-state index contributed by atoms with van der Waals surface area (Å²) in [7, 11) is 1.79. The molecule has 1 aromatic carbocycles. The van der Waals surface area contributed by atoms with Gasteiger partial charge in [0.1, 0.15) is 5.82 Å². The lowest BCUT2D eigenvalue weighted by molar-refractivity contribution is 0.101. The molecule has 3 nitrogen and oxygen atoms in total. The van der Waals surface area contributed by atoms with E-state index in [1.54, 1.807) is 20.0 Å². The Morgan fingerprint density at radius 1 is 1.33 bits per heavy atom. The number of Topliss-reactive ketones (excluding diaryl/α,β-unsaturated/α-hetero) is 1. The molecular weight excluding hydrogens is 188 g/mol. The van der Waals surface area contributed by atoms with Crippen LogP contribution in [0, 0.1) is 0 Å². The number of hydrogen-bond acceptors (Lipinski definition) is 3. The lowest BCUT2D eigenvalue weighted by Gasteiger charge is -2.06. The molecule has 1 N–H and O–H groups in total. The topological polar surface area (TPSA) is 42.0 Å². The summed E-state index contributed by atoms with van der Waals surface area (Å²) >= 11 is 0. The van der Waals surface area contributed by atoms with E-state index in [0.717, 1.165) is 16.7 Å². The number of aromatic nitrogens is 1. The largest absolute Gasteiger partial charge is 0.373 e. The van der Waals surface area contributed by atoms with Gasteiger partial charge in [0.25, 0.3) is 0 Å². The van der Waals surface area contributed by atoms with E-state index >= 15 is 0 Å². The van der Waals surface area contributed by atoms with Crippen LogP contribution < -0.4 is 5.32 Å². The van der Waals surface area contributed by atoms with Crippen molar-refractivity contribution in [1.29, 1.82) is 0 Å². The summed E-state index contributed by atoms with van der Waals surface area (Å²) in [5, 5.41) is 3.86. The maximum absolute atomic E-state index is 11.5. The van der Waals surface area contributed by atoms with Gasteiger partial charge in [-0.05, 0) is 19.1 Å². The van der Waals surface area contributed by atoms with Crippen LogP contribution in [0.5, 0.6) is 0 Å². The smallest absolute Gasteiger partial charge is 0.160 e. The number of nitrogens with zero attached hydrogens (tertiary/aromatic N) is 1. The number of nitrogens with one attached hydrogen (secondary N) is 1. The average molecular weight is 200 g/mol. The fraction of sp³-hybridized carbons (Fsp3) is 0.167. The van der Waals surface area contributed by atoms with E-state index in [4.69, 9.17) is 0 Å². The second-order valence-electron chi connectivity index (χ2n) is 3.38. The summed E-state index contributed by atoms with van der Waals surface area (Å²) in [5.74, 6) is 0.781. The highest BCUT2D eigenvalue weighted by atomic mass is 16.1. The lowest BCUT2D eigenvalue weighted by Crippen LogP contribution is -1.99. The number of carbonyl (C=O) groups is 1. The molecule has 0 aliphatic rings. The SMILES string of the molecule is CNc1cc(C(C)=O)c2ccccc2n1. The molecule has 0 spiro atoms. The molecule has 0 saturated heterocycles. The fourth-order valence-corrected chi connectivity index (χ4v) is 1.59. The molecule has 15 heavy (non-hydrogen) atoms. The Morgan fingerprint density at radius 2 is 2.07 bits per heavy atom. The molecule has 76 valence electrons. The van der Waals surface area contributed by atoms with Gasteiger partial charge in [0.05, 0.1) is 5.52 Å². The number of fused-ring (bicyclic) bond motifs is 1. The van der Waals surface area contributed by atoms with Crippen molar-refractivity contribution in [2.45, 2.75) is 6.92 Å². The van der Waals surface area contributed by atoms with Crippen molar-refractivity contribution >= 4 is 22.5 Å². The number of anilines is 1. The van der Waals surface area contributed by atoms with Gasteiger partial charge in [0.2, 0.25) is 0 Å².